The molecule has 0 fully saturated rings. The van der Waals surface area contributed by atoms with Gasteiger partial charge in [0.2, 0.25) is 0 Å². The zero-order chi connectivity index (χ0) is 16.7. The SMILES string of the molecule is COc1ccc(OCc2ccccc2)c(C(=O)/C=C/N(C)C)c1. The fourth-order valence-corrected chi connectivity index (χ4v) is 2.00. The normalized spacial score (nSPS) is 10.6. The number of ketones is 1. The maximum absolute atomic E-state index is 12.4. The molecule has 0 spiro atoms. The quantitative estimate of drug-likeness (QED) is 0.579. The lowest BCUT2D eigenvalue weighted by atomic mass is 10.1. The summed E-state index contributed by atoms with van der Waals surface area (Å²) < 4.78 is 11.0. The van der Waals surface area contributed by atoms with Crippen molar-refractivity contribution in [1.29, 1.82) is 0 Å². The first-order valence-electron chi connectivity index (χ1n) is 7.34. The highest BCUT2D eigenvalue weighted by molar-refractivity contribution is 6.06. The van der Waals surface area contributed by atoms with Gasteiger partial charge < -0.3 is 14.4 Å². The van der Waals surface area contributed by atoms with Gasteiger partial charge in [-0.1, -0.05) is 30.3 Å². The number of ether oxygens (including phenoxy) is 2. The van der Waals surface area contributed by atoms with Crippen LogP contribution in [0, 0.1) is 0 Å². The van der Waals surface area contributed by atoms with Crippen molar-refractivity contribution in [3.8, 4) is 11.5 Å². The minimum Gasteiger partial charge on any atom is -0.497 e. The Balaban J connectivity index is 2.22. The van der Waals surface area contributed by atoms with Crippen LogP contribution >= 0.6 is 0 Å². The summed E-state index contributed by atoms with van der Waals surface area (Å²) in [7, 11) is 5.30. The van der Waals surface area contributed by atoms with Gasteiger partial charge >= 0.3 is 0 Å². The van der Waals surface area contributed by atoms with Crippen molar-refractivity contribution in [1.82, 2.24) is 4.90 Å². The van der Waals surface area contributed by atoms with Gasteiger partial charge in [0.1, 0.15) is 18.1 Å². The molecular weight excluding hydrogens is 290 g/mol. The number of methoxy groups -OCH3 is 1. The van der Waals surface area contributed by atoms with Gasteiger partial charge in [0.25, 0.3) is 0 Å². The largest absolute Gasteiger partial charge is 0.497 e. The summed E-state index contributed by atoms with van der Waals surface area (Å²) in [6.45, 7) is 0.408. The summed E-state index contributed by atoms with van der Waals surface area (Å²) in [5.41, 5.74) is 1.53. The number of nitrogens with zero attached hydrogens (tertiary/aromatic N) is 1. The number of allylic oxidation sites excluding steroid dienone is 1. The van der Waals surface area contributed by atoms with Crippen molar-refractivity contribution in [2.75, 3.05) is 21.2 Å². The third-order valence-electron chi connectivity index (χ3n) is 3.21. The van der Waals surface area contributed by atoms with Crippen molar-refractivity contribution < 1.29 is 14.3 Å². The van der Waals surface area contributed by atoms with E-state index in [4.69, 9.17) is 9.47 Å². The molecule has 0 unspecified atom stereocenters. The van der Waals surface area contributed by atoms with Gasteiger partial charge in [-0.05, 0) is 23.8 Å². The summed E-state index contributed by atoms with van der Waals surface area (Å²) in [5.74, 6) is 1.04. The average Bonchev–Trinajstić information content (AvgIpc) is 2.58. The predicted molar refractivity (Wildman–Crippen MR) is 90.9 cm³/mol. The molecule has 2 aromatic carbocycles. The fraction of sp³-hybridized carbons (Fsp3) is 0.211. The molecule has 0 N–H and O–H groups in total. The number of hydrogen-bond donors (Lipinski definition) is 0. The maximum atomic E-state index is 12.4. The van der Waals surface area contributed by atoms with E-state index in [2.05, 4.69) is 0 Å². The molecule has 0 heterocycles. The summed E-state index contributed by atoms with van der Waals surface area (Å²) >= 11 is 0. The van der Waals surface area contributed by atoms with E-state index >= 15 is 0 Å². The van der Waals surface area contributed by atoms with Crippen LogP contribution in [0.25, 0.3) is 0 Å². The van der Waals surface area contributed by atoms with Gasteiger partial charge in [-0.15, -0.1) is 0 Å². The minimum atomic E-state index is -0.124. The van der Waals surface area contributed by atoms with Crippen LogP contribution in [0.3, 0.4) is 0 Å². The van der Waals surface area contributed by atoms with Crippen molar-refractivity contribution in [2.24, 2.45) is 0 Å². The van der Waals surface area contributed by atoms with Crippen LogP contribution < -0.4 is 9.47 Å². The Hall–Kier alpha value is -2.75. The molecule has 2 aromatic rings. The molecule has 4 heteroatoms. The molecule has 0 aliphatic rings. The van der Waals surface area contributed by atoms with Crippen molar-refractivity contribution in [3.05, 3.63) is 71.9 Å². The maximum Gasteiger partial charge on any atom is 0.191 e. The Kier molecular flexibility index (Phi) is 5.80. The molecule has 120 valence electrons. The summed E-state index contributed by atoms with van der Waals surface area (Å²) in [6.07, 6.45) is 3.23. The van der Waals surface area contributed by atoms with Gasteiger partial charge in [0.15, 0.2) is 5.78 Å². The van der Waals surface area contributed by atoms with Crippen molar-refractivity contribution in [3.63, 3.8) is 0 Å². The number of rotatable bonds is 7. The zero-order valence-corrected chi connectivity index (χ0v) is 13.7. The monoisotopic (exact) mass is 311 g/mol. The van der Waals surface area contributed by atoms with E-state index in [1.54, 1.807) is 31.5 Å². The molecule has 0 saturated carbocycles. The first-order chi connectivity index (χ1) is 11.1. The fourth-order valence-electron chi connectivity index (χ4n) is 2.00. The van der Waals surface area contributed by atoms with Gasteiger partial charge in [-0.3, -0.25) is 4.79 Å². The zero-order valence-electron chi connectivity index (χ0n) is 13.7. The summed E-state index contributed by atoms with van der Waals surface area (Å²) in [4.78, 5) is 14.2. The topological polar surface area (TPSA) is 38.8 Å². The standard InChI is InChI=1S/C19H21NO3/c1-20(2)12-11-18(21)17-13-16(22-3)9-10-19(17)23-14-15-7-5-4-6-8-15/h4-13H,14H2,1-3H3/b12-11+. The molecule has 0 bridgehead atoms. The summed E-state index contributed by atoms with van der Waals surface area (Å²) in [6, 6.07) is 15.1. The van der Waals surface area contributed by atoms with Crippen LogP contribution in [-0.4, -0.2) is 31.9 Å². The lowest BCUT2D eigenvalue weighted by Gasteiger charge is -2.12. The molecule has 4 nitrogen and oxygen atoms in total. The number of carbonyl (C=O) groups is 1. The van der Waals surface area contributed by atoms with E-state index in [9.17, 15) is 4.79 Å². The molecule has 0 aromatic heterocycles. The van der Waals surface area contributed by atoms with Crippen LogP contribution in [0.4, 0.5) is 0 Å². The second-order valence-electron chi connectivity index (χ2n) is 5.28. The summed E-state index contributed by atoms with van der Waals surface area (Å²) in [5, 5.41) is 0. The molecule has 0 aliphatic heterocycles. The lowest BCUT2D eigenvalue weighted by Crippen LogP contribution is -2.06. The Labute approximate surface area is 137 Å². The molecule has 0 amide bonds. The van der Waals surface area contributed by atoms with Crippen LogP contribution in [0.5, 0.6) is 11.5 Å². The smallest absolute Gasteiger partial charge is 0.191 e. The third kappa shape index (κ3) is 4.88. The second kappa shape index (κ2) is 8.03. The predicted octanol–water partition coefficient (Wildman–Crippen LogP) is 3.53. The van der Waals surface area contributed by atoms with Crippen LogP contribution in [-0.2, 0) is 6.61 Å². The Bertz CT molecular complexity index is 678. The lowest BCUT2D eigenvalue weighted by molar-refractivity contribution is 0.104. The van der Waals surface area contributed by atoms with E-state index in [1.807, 2.05) is 49.3 Å². The highest BCUT2D eigenvalue weighted by Gasteiger charge is 2.12. The van der Waals surface area contributed by atoms with Gasteiger partial charge in [0, 0.05) is 26.4 Å². The first kappa shape index (κ1) is 16.6. The Morgan fingerprint density at radius 2 is 1.87 bits per heavy atom. The van der Waals surface area contributed by atoms with Crippen LogP contribution in [0.1, 0.15) is 15.9 Å². The molecule has 2 rings (SSSR count). The van der Waals surface area contributed by atoms with E-state index in [-0.39, 0.29) is 5.78 Å². The molecular formula is C19H21NO3. The van der Waals surface area contributed by atoms with Crippen LogP contribution in [0.2, 0.25) is 0 Å². The minimum absolute atomic E-state index is 0.124. The van der Waals surface area contributed by atoms with Gasteiger partial charge in [0.05, 0.1) is 12.7 Å². The van der Waals surface area contributed by atoms with E-state index in [0.717, 1.165) is 5.56 Å². The van der Waals surface area contributed by atoms with Gasteiger partial charge in [-0.25, -0.2) is 0 Å². The molecule has 23 heavy (non-hydrogen) atoms. The molecule has 0 aliphatic carbocycles. The number of carbonyl (C=O) groups excluding carboxylic acids is 1. The highest BCUT2D eigenvalue weighted by Crippen LogP contribution is 2.26. The second-order valence-corrected chi connectivity index (χ2v) is 5.28. The van der Waals surface area contributed by atoms with Crippen molar-refractivity contribution >= 4 is 5.78 Å². The highest BCUT2D eigenvalue weighted by atomic mass is 16.5. The Morgan fingerprint density at radius 1 is 1.13 bits per heavy atom. The van der Waals surface area contributed by atoms with Gasteiger partial charge in [-0.2, -0.15) is 0 Å². The molecule has 0 atom stereocenters. The van der Waals surface area contributed by atoms with E-state index in [1.165, 1.54) is 6.08 Å². The van der Waals surface area contributed by atoms with Crippen LogP contribution in [0.15, 0.2) is 60.8 Å². The number of hydrogen-bond acceptors (Lipinski definition) is 4. The number of benzene rings is 2. The molecule has 0 radical (unpaired) electrons. The Morgan fingerprint density at radius 3 is 2.52 bits per heavy atom. The van der Waals surface area contributed by atoms with Crippen molar-refractivity contribution in [2.45, 2.75) is 6.61 Å². The molecule has 0 saturated heterocycles. The average molecular weight is 311 g/mol. The van der Waals surface area contributed by atoms with E-state index in [0.29, 0.717) is 23.7 Å². The first-order valence-corrected chi connectivity index (χ1v) is 7.34. The third-order valence-corrected chi connectivity index (χ3v) is 3.21. The van der Waals surface area contributed by atoms with E-state index < -0.39 is 0 Å².